The maximum absolute atomic E-state index is 6.58. The predicted octanol–water partition coefficient (Wildman–Crippen LogP) is 2.67. The first-order valence-electron chi connectivity index (χ1n) is 7.77. The fourth-order valence-corrected chi connectivity index (χ4v) is 4.03. The third-order valence-corrected chi connectivity index (χ3v) is 5.28. The van der Waals surface area contributed by atoms with Gasteiger partial charge in [-0.1, -0.05) is 31.2 Å². The molecule has 0 aromatic heterocycles. The molecule has 1 heterocycles. The minimum atomic E-state index is 0.111. The van der Waals surface area contributed by atoms with Crippen molar-refractivity contribution in [2.45, 2.75) is 56.8 Å². The second kappa shape index (κ2) is 5.47. The van der Waals surface area contributed by atoms with Crippen molar-refractivity contribution >= 4 is 0 Å². The van der Waals surface area contributed by atoms with Crippen LogP contribution in [0.25, 0.3) is 0 Å². The molecule has 0 amide bonds. The highest BCUT2D eigenvalue weighted by molar-refractivity contribution is 5.36. The third kappa shape index (κ3) is 2.28. The van der Waals surface area contributed by atoms with E-state index in [1.54, 1.807) is 0 Å². The van der Waals surface area contributed by atoms with E-state index >= 15 is 0 Å². The van der Waals surface area contributed by atoms with Gasteiger partial charge in [0.15, 0.2) is 0 Å². The SMILES string of the molecule is CC1CC(N(C)C2CCOC2C)C(N)c2ccccc21. The number of fused-ring (bicyclic) bond motifs is 1. The summed E-state index contributed by atoms with van der Waals surface area (Å²) in [5, 5.41) is 0. The topological polar surface area (TPSA) is 38.5 Å². The van der Waals surface area contributed by atoms with E-state index in [1.165, 1.54) is 11.1 Å². The number of ether oxygens (including phenoxy) is 1. The lowest BCUT2D eigenvalue weighted by Crippen LogP contribution is -2.50. The number of nitrogens with zero attached hydrogens (tertiary/aromatic N) is 1. The Kier molecular flexibility index (Phi) is 3.85. The van der Waals surface area contributed by atoms with Crippen molar-refractivity contribution in [1.29, 1.82) is 0 Å². The van der Waals surface area contributed by atoms with Crippen LogP contribution >= 0.6 is 0 Å². The average molecular weight is 274 g/mol. The van der Waals surface area contributed by atoms with Gasteiger partial charge in [0, 0.05) is 24.7 Å². The molecule has 3 heteroatoms. The summed E-state index contributed by atoms with van der Waals surface area (Å²) in [6.07, 6.45) is 2.58. The van der Waals surface area contributed by atoms with E-state index in [4.69, 9.17) is 10.5 Å². The first-order chi connectivity index (χ1) is 9.59. The Morgan fingerprint density at radius 2 is 1.85 bits per heavy atom. The van der Waals surface area contributed by atoms with Crippen molar-refractivity contribution in [3.63, 3.8) is 0 Å². The largest absolute Gasteiger partial charge is 0.377 e. The Hall–Kier alpha value is -0.900. The second-order valence-electron chi connectivity index (χ2n) is 6.46. The van der Waals surface area contributed by atoms with Crippen molar-refractivity contribution in [2.75, 3.05) is 13.7 Å². The molecule has 1 aliphatic carbocycles. The molecule has 1 saturated heterocycles. The molecule has 2 N–H and O–H groups in total. The fourth-order valence-electron chi connectivity index (χ4n) is 4.03. The van der Waals surface area contributed by atoms with Crippen LogP contribution in [0.2, 0.25) is 0 Å². The summed E-state index contributed by atoms with van der Waals surface area (Å²) >= 11 is 0. The van der Waals surface area contributed by atoms with Crippen LogP contribution in [0.3, 0.4) is 0 Å². The molecular formula is C17H26N2O. The molecule has 0 bridgehead atoms. The van der Waals surface area contributed by atoms with Gasteiger partial charge < -0.3 is 10.5 Å². The number of hydrogen-bond acceptors (Lipinski definition) is 3. The Morgan fingerprint density at radius 3 is 2.50 bits per heavy atom. The van der Waals surface area contributed by atoms with Gasteiger partial charge in [-0.2, -0.15) is 0 Å². The molecular weight excluding hydrogens is 248 g/mol. The molecule has 1 aliphatic heterocycles. The lowest BCUT2D eigenvalue weighted by atomic mass is 9.77. The van der Waals surface area contributed by atoms with Crippen LogP contribution in [0.4, 0.5) is 0 Å². The monoisotopic (exact) mass is 274 g/mol. The summed E-state index contributed by atoms with van der Waals surface area (Å²) in [4.78, 5) is 2.48. The second-order valence-corrected chi connectivity index (χ2v) is 6.46. The van der Waals surface area contributed by atoms with E-state index < -0.39 is 0 Å². The Balaban J connectivity index is 1.85. The standard InChI is InChI=1S/C17H26N2O/c1-11-10-16(19(3)15-8-9-20-12(15)2)17(18)14-7-5-4-6-13(11)14/h4-7,11-12,15-17H,8-10,18H2,1-3H3. The molecule has 1 aromatic rings. The highest BCUT2D eigenvalue weighted by Gasteiger charge is 2.38. The van der Waals surface area contributed by atoms with Crippen molar-refractivity contribution in [3.8, 4) is 0 Å². The van der Waals surface area contributed by atoms with Crippen LogP contribution in [0, 0.1) is 0 Å². The van der Waals surface area contributed by atoms with Gasteiger partial charge in [0.05, 0.1) is 6.10 Å². The molecule has 2 aliphatic rings. The maximum atomic E-state index is 6.58. The molecule has 3 rings (SSSR count). The van der Waals surface area contributed by atoms with Crippen molar-refractivity contribution in [1.82, 2.24) is 4.90 Å². The molecule has 0 saturated carbocycles. The maximum Gasteiger partial charge on any atom is 0.0703 e. The van der Waals surface area contributed by atoms with Crippen LogP contribution in [0.1, 0.15) is 49.8 Å². The number of nitrogens with two attached hydrogens (primary N) is 1. The van der Waals surface area contributed by atoms with Gasteiger partial charge in [0.25, 0.3) is 0 Å². The van der Waals surface area contributed by atoms with Gasteiger partial charge in [0.2, 0.25) is 0 Å². The lowest BCUT2D eigenvalue weighted by molar-refractivity contribution is 0.0554. The van der Waals surface area contributed by atoms with Gasteiger partial charge in [-0.3, -0.25) is 4.90 Å². The zero-order valence-electron chi connectivity index (χ0n) is 12.8. The average Bonchev–Trinajstić information content (AvgIpc) is 2.88. The first-order valence-corrected chi connectivity index (χ1v) is 7.77. The summed E-state index contributed by atoms with van der Waals surface area (Å²) in [6, 6.07) is 9.69. The van der Waals surface area contributed by atoms with Gasteiger partial charge in [-0.25, -0.2) is 0 Å². The number of hydrogen-bond donors (Lipinski definition) is 1. The molecule has 3 nitrogen and oxygen atoms in total. The van der Waals surface area contributed by atoms with Crippen LogP contribution in [0.5, 0.6) is 0 Å². The zero-order valence-corrected chi connectivity index (χ0v) is 12.8. The summed E-state index contributed by atoms with van der Waals surface area (Å²) in [7, 11) is 2.22. The van der Waals surface area contributed by atoms with Crippen molar-refractivity contribution in [3.05, 3.63) is 35.4 Å². The Morgan fingerprint density at radius 1 is 1.15 bits per heavy atom. The summed E-state index contributed by atoms with van der Waals surface area (Å²) < 4.78 is 5.73. The van der Waals surface area contributed by atoms with Gasteiger partial charge in [-0.05, 0) is 43.9 Å². The van der Waals surface area contributed by atoms with Gasteiger partial charge in [-0.15, -0.1) is 0 Å². The Labute approximate surface area is 122 Å². The zero-order chi connectivity index (χ0) is 14.3. The molecule has 5 atom stereocenters. The summed E-state index contributed by atoms with van der Waals surface area (Å²) in [5.41, 5.74) is 9.34. The van der Waals surface area contributed by atoms with E-state index in [1.807, 2.05) is 0 Å². The summed E-state index contributed by atoms with van der Waals surface area (Å²) in [5.74, 6) is 0.580. The Bertz CT molecular complexity index is 476. The van der Waals surface area contributed by atoms with Crippen LogP contribution in [-0.4, -0.2) is 36.7 Å². The quantitative estimate of drug-likeness (QED) is 0.901. The van der Waals surface area contributed by atoms with E-state index in [0.717, 1.165) is 19.4 Å². The number of likely N-dealkylation sites (N-methyl/N-ethyl adjacent to an activating group) is 1. The van der Waals surface area contributed by atoms with Crippen molar-refractivity contribution in [2.24, 2.45) is 5.73 Å². The van der Waals surface area contributed by atoms with E-state index in [-0.39, 0.29) is 6.04 Å². The lowest BCUT2D eigenvalue weighted by Gasteiger charge is -2.43. The minimum Gasteiger partial charge on any atom is -0.377 e. The number of rotatable bonds is 2. The van der Waals surface area contributed by atoms with Crippen LogP contribution in [-0.2, 0) is 4.74 Å². The molecule has 5 unspecified atom stereocenters. The predicted molar refractivity (Wildman–Crippen MR) is 81.8 cm³/mol. The van der Waals surface area contributed by atoms with E-state index in [2.05, 4.69) is 50.1 Å². The van der Waals surface area contributed by atoms with E-state index in [0.29, 0.717) is 24.1 Å². The molecule has 20 heavy (non-hydrogen) atoms. The highest BCUT2D eigenvalue weighted by Crippen LogP contribution is 2.39. The molecule has 110 valence electrons. The molecule has 1 aromatic carbocycles. The van der Waals surface area contributed by atoms with Gasteiger partial charge >= 0.3 is 0 Å². The van der Waals surface area contributed by atoms with Crippen molar-refractivity contribution < 1.29 is 4.74 Å². The normalized spacial score (nSPS) is 37.1. The molecule has 0 radical (unpaired) electrons. The van der Waals surface area contributed by atoms with Crippen LogP contribution < -0.4 is 5.73 Å². The third-order valence-electron chi connectivity index (χ3n) is 5.28. The van der Waals surface area contributed by atoms with Crippen LogP contribution in [0.15, 0.2) is 24.3 Å². The molecule has 0 spiro atoms. The first kappa shape index (κ1) is 14.1. The minimum absolute atomic E-state index is 0.111. The smallest absolute Gasteiger partial charge is 0.0703 e. The number of benzene rings is 1. The molecule has 1 fully saturated rings. The summed E-state index contributed by atoms with van der Waals surface area (Å²) in [6.45, 7) is 5.38. The van der Waals surface area contributed by atoms with E-state index in [9.17, 15) is 0 Å². The fraction of sp³-hybridized carbons (Fsp3) is 0.647. The van der Waals surface area contributed by atoms with Gasteiger partial charge in [0.1, 0.15) is 0 Å². The highest BCUT2D eigenvalue weighted by atomic mass is 16.5.